The molecule has 52 heavy (non-hydrogen) atoms. The number of carbonyl (C=O) groups is 2. The summed E-state index contributed by atoms with van der Waals surface area (Å²) in [6.45, 7) is 4.85. The average molecular weight is 709 g/mol. The molecule has 0 fully saturated rings. The molecule has 0 bridgehead atoms. The summed E-state index contributed by atoms with van der Waals surface area (Å²) in [5, 5.41) is 21.4. The summed E-state index contributed by atoms with van der Waals surface area (Å²) in [4.78, 5) is 32.7. The molecule has 272 valence electrons. The fraction of sp³-hybridized carbons (Fsp3) is 0.250. The quantitative estimate of drug-likeness (QED) is 0.0562. The highest BCUT2D eigenvalue weighted by Crippen LogP contribution is 2.42. The lowest BCUT2D eigenvalue weighted by atomic mass is 9.67. The predicted octanol–water partition coefficient (Wildman–Crippen LogP) is 2.94. The zero-order chi connectivity index (χ0) is 37.6. The standard InChI is InChI=1S/C22H21BO3.2C9H12NO3/c24-23(25)26-18-10-17-22(19-11-4-1-5-12-19,20-13-6-2-7-14-20)21-15-8-3-9-16-21;2*1-3-13-10-7-5-4-6-8(10)9(11)12-2/h1-9,11-16H,10,17-18H2;2*4-7H,3H2,1-2H3/q-2;2*+1. The van der Waals surface area contributed by atoms with Crippen LogP contribution in [0.1, 0.15) is 64.4 Å². The fourth-order valence-electron chi connectivity index (χ4n) is 5.50. The second kappa shape index (κ2) is 22.3. The number of nitrogens with zero attached hydrogens (tertiary/aromatic N) is 2. The Kier molecular flexibility index (Phi) is 17.5. The molecular formula is C40H45BN2O9. The summed E-state index contributed by atoms with van der Waals surface area (Å²) in [7, 11) is 0.451. The van der Waals surface area contributed by atoms with Gasteiger partial charge in [0.1, 0.15) is 0 Å². The van der Waals surface area contributed by atoms with E-state index in [0.29, 0.717) is 31.0 Å². The maximum Gasteiger partial charge on any atom is 0.408 e. The Hall–Kier alpha value is -5.56. The van der Waals surface area contributed by atoms with Crippen molar-refractivity contribution in [3.63, 3.8) is 0 Å². The minimum absolute atomic E-state index is 0.159. The largest absolute Gasteiger partial charge is 0.871 e. The first-order valence-electron chi connectivity index (χ1n) is 16.9. The lowest BCUT2D eigenvalue weighted by molar-refractivity contribution is -0.892. The zero-order valence-electron chi connectivity index (χ0n) is 30.0. The van der Waals surface area contributed by atoms with Gasteiger partial charge in [-0.3, -0.25) is 9.68 Å². The van der Waals surface area contributed by atoms with E-state index in [1.54, 1.807) is 48.8 Å². The lowest BCUT2D eigenvalue weighted by Crippen LogP contribution is -2.48. The summed E-state index contributed by atoms with van der Waals surface area (Å²) in [5.41, 5.74) is 3.93. The number of rotatable bonds is 14. The molecule has 0 atom stereocenters. The van der Waals surface area contributed by atoms with Crippen molar-refractivity contribution in [3.05, 3.63) is 168 Å². The molecule has 2 aromatic heterocycles. The van der Waals surface area contributed by atoms with E-state index in [1.807, 2.05) is 68.4 Å². The molecule has 0 amide bonds. The number of methoxy groups -OCH3 is 2. The Labute approximate surface area is 305 Å². The van der Waals surface area contributed by atoms with Gasteiger partial charge in [-0.05, 0) is 55.5 Å². The number of aromatic nitrogens is 2. The zero-order valence-corrected chi connectivity index (χ0v) is 30.0. The van der Waals surface area contributed by atoms with E-state index in [0.717, 1.165) is 6.42 Å². The minimum Gasteiger partial charge on any atom is -0.871 e. The highest BCUT2D eigenvalue weighted by atomic mass is 16.7. The fourth-order valence-corrected chi connectivity index (χ4v) is 5.50. The van der Waals surface area contributed by atoms with Crippen molar-refractivity contribution >= 4 is 19.3 Å². The Morgan fingerprint density at radius 1 is 0.596 bits per heavy atom. The van der Waals surface area contributed by atoms with Gasteiger partial charge < -0.3 is 24.2 Å². The van der Waals surface area contributed by atoms with Gasteiger partial charge in [0.05, 0.1) is 21.5 Å². The molecule has 5 rings (SSSR count). The molecule has 0 aliphatic carbocycles. The van der Waals surface area contributed by atoms with Crippen molar-refractivity contribution < 1.29 is 52.9 Å². The van der Waals surface area contributed by atoms with E-state index < -0.39 is 19.3 Å². The molecule has 0 aliphatic heterocycles. The second-order valence-electron chi connectivity index (χ2n) is 10.9. The molecule has 2 heterocycles. The van der Waals surface area contributed by atoms with Gasteiger partial charge >= 0.3 is 23.3 Å². The lowest BCUT2D eigenvalue weighted by Gasteiger charge is -2.37. The molecule has 0 saturated heterocycles. The van der Waals surface area contributed by atoms with Crippen LogP contribution in [-0.4, -0.2) is 53.3 Å². The number of hydrogen-bond donors (Lipinski definition) is 0. The first-order chi connectivity index (χ1) is 25.3. The third kappa shape index (κ3) is 11.8. The average Bonchev–Trinajstić information content (AvgIpc) is 3.19. The highest BCUT2D eigenvalue weighted by molar-refractivity contribution is 6.28. The molecule has 0 spiro atoms. The van der Waals surface area contributed by atoms with Gasteiger partial charge in [-0.15, -0.1) is 0 Å². The smallest absolute Gasteiger partial charge is 0.408 e. The van der Waals surface area contributed by atoms with Crippen LogP contribution in [0.15, 0.2) is 140 Å². The Balaban J connectivity index is 0.000000235. The van der Waals surface area contributed by atoms with Crippen LogP contribution >= 0.6 is 0 Å². The molecule has 3 aromatic carbocycles. The van der Waals surface area contributed by atoms with E-state index in [1.165, 1.54) is 40.4 Å². The Morgan fingerprint density at radius 3 is 1.29 bits per heavy atom. The van der Waals surface area contributed by atoms with Crippen molar-refractivity contribution in [2.45, 2.75) is 32.1 Å². The van der Waals surface area contributed by atoms with Gasteiger partial charge in [-0.25, -0.2) is 9.59 Å². The molecule has 11 nitrogen and oxygen atoms in total. The SMILES string of the molecule is CCO[n+]1ccccc1C(=O)OC.CCO[n+]1ccccc1C(=O)OC.[O-]B([O-])OCCCC(c1ccccc1)(c1ccccc1)c1ccccc1. The second-order valence-corrected chi connectivity index (χ2v) is 10.9. The molecule has 0 N–H and O–H groups in total. The van der Waals surface area contributed by atoms with Crippen LogP contribution in [0.3, 0.4) is 0 Å². The topological polar surface area (TPSA) is 134 Å². The number of ether oxygens (including phenoxy) is 2. The number of carbonyl (C=O) groups excluding carboxylic acids is 2. The van der Waals surface area contributed by atoms with E-state index in [4.69, 9.17) is 14.3 Å². The van der Waals surface area contributed by atoms with Crippen LogP contribution in [0.25, 0.3) is 0 Å². The van der Waals surface area contributed by atoms with Crippen molar-refractivity contribution in [1.82, 2.24) is 0 Å². The van der Waals surface area contributed by atoms with E-state index in [-0.39, 0.29) is 12.0 Å². The highest BCUT2D eigenvalue weighted by Gasteiger charge is 2.35. The van der Waals surface area contributed by atoms with Crippen molar-refractivity contribution in [2.24, 2.45) is 0 Å². The minimum atomic E-state index is -2.23. The summed E-state index contributed by atoms with van der Waals surface area (Å²) in [6, 6.07) is 41.4. The third-order valence-electron chi connectivity index (χ3n) is 7.72. The van der Waals surface area contributed by atoms with Crippen LogP contribution in [0.2, 0.25) is 0 Å². The van der Waals surface area contributed by atoms with Crippen LogP contribution in [0.4, 0.5) is 0 Å². The van der Waals surface area contributed by atoms with Crippen LogP contribution in [0, 0.1) is 0 Å². The third-order valence-corrected chi connectivity index (χ3v) is 7.72. The van der Waals surface area contributed by atoms with Crippen molar-refractivity contribution in [1.29, 1.82) is 0 Å². The number of esters is 2. The molecule has 0 radical (unpaired) electrons. The summed E-state index contributed by atoms with van der Waals surface area (Å²) in [5.74, 6) is -0.817. The predicted molar refractivity (Wildman–Crippen MR) is 190 cm³/mol. The van der Waals surface area contributed by atoms with Gasteiger partial charge in [0, 0.05) is 45.7 Å². The van der Waals surface area contributed by atoms with E-state index in [9.17, 15) is 19.6 Å². The first kappa shape index (κ1) is 40.9. The number of hydrogen-bond acceptors (Lipinski definition) is 9. The van der Waals surface area contributed by atoms with Gasteiger partial charge in [-0.1, -0.05) is 91.0 Å². The Morgan fingerprint density at radius 2 is 0.962 bits per heavy atom. The molecule has 5 aromatic rings. The first-order valence-corrected chi connectivity index (χ1v) is 16.9. The van der Waals surface area contributed by atoms with Crippen LogP contribution in [-0.2, 0) is 19.5 Å². The van der Waals surface area contributed by atoms with E-state index in [2.05, 4.69) is 45.9 Å². The van der Waals surface area contributed by atoms with Crippen LogP contribution < -0.4 is 29.2 Å². The normalized spacial score (nSPS) is 10.3. The van der Waals surface area contributed by atoms with Crippen molar-refractivity contribution in [3.8, 4) is 0 Å². The van der Waals surface area contributed by atoms with Crippen molar-refractivity contribution in [2.75, 3.05) is 34.0 Å². The monoisotopic (exact) mass is 708 g/mol. The number of benzene rings is 3. The molecule has 0 aliphatic rings. The van der Waals surface area contributed by atoms with Gasteiger partial charge in [0.2, 0.25) is 12.4 Å². The number of pyridine rings is 2. The molecule has 12 heteroatoms. The molecule has 0 unspecified atom stereocenters. The van der Waals surface area contributed by atoms with Gasteiger partial charge in [-0.2, -0.15) is 0 Å². The molecule has 0 saturated carbocycles. The van der Waals surface area contributed by atoms with Gasteiger partial charge in [0.15, 0.2) is 13.2 Å². The molecular weight excluding hydrogens is 663 g/mol. The van der Waals surface area contributed by atoms with Crippen LogP contribution in [0.5, 0.6) is 0 Å². The summed E-state index contributed by atoms with van der Waals surface area (Å²) in [6.07, 6.45) is 4.67. The van der Waals surface area contributed by atoms with E-state index >= 15 is 0 Å². The summed E-state index contributed by atoms with van der Waals surface area (Å²) < 4.78 is 16.7. The van der Waals surface area contributed by atoms with Gasteiger partial charge in [0.25, 0.3) is 0 Å². The maximum atomic E-state index is 11.2. The summed E-state index contributed by atoms with van der Waals surface area (Å²) >= 11 is 0. The maximum absolute atomic E-state index is 11.2. The Bertz CT molecular complexity index is 1600.